The Hall–Kier alpha value is -2.18. The second-order valence-corrected chi connectivity index (χ2v) is 6.21. The van der Waals surface area contributed by atoms with Gasteiger partial charge in [-0.25, -0.2) is 0 Å². The Bertz CT molecular complexity index is 602. The largest absolute Gasteiger partial charge is 0.350 e. The highest BCUT2D eigenvalue weighted by molar-refractivity contribution is 7.80. The van der Waals surface area contributed by atoms with E-state index in [2.05, 4.69) is 10.6 Å². The first kappa shape index (κ1) is 18.2. The van der Waals surface area contributed by atoms with Crippen LogP contribution in [0.5, 0.6) is 0 Å². The van der Waals surface area contributed by atoms with Crippen LogP contribution in [0.15, 0.2) is 60.7 Å². The van der Waals surface area contributed by atoms with Gasteiger partial charge in [-0.2, -0.15) is 0 Å². The lowest BCUT2D eigenvalue weighted by Crippen LogP contribution is -2.40. The van der Waals surface area contributed by atoms with E-state index in [9.17, 15) is 0 Å². The van der Waals surface area contributed by atoms with E-state index >= 15 is 0 Å². The van der Waals surface area contributed by atoms with Crippen LogP contribution in [-0.4, -0.2) is 47.2 Å². The topological polar surface area (TPSA) is 30.5 Å². The molecule has 2 aromatic rings. The van der Waals surface area contributed by atoms with Crippen LogP contribution in [0.1, 0.15) is 0 Å². The van der Waals surface area contributed by atoms with E-state index in [1.807, 2.05) is 84.6 Å². The van der Waals surface area contributed by atoms with Crippen molar-refractivity contribution in [2.45, 2.75) is 0 Å². The summed E-state index contributed by atoms with van der Waals surface area (Å²) in [5.74, 6) is 0. The van der Waals surface area contributed by atoms with Crippen molar-refractivity contribution >= 4 is 46.0 Å². The van der Waals surface area contributed by atoms with E-state index in [1.165, 1.54) is 0 Å². The van der Waals surface area contributed by atoms with Crippen LogP contribution in [-0.2, 0) is 0 Å². The monoisotopic (exact) mass is 358 g/mol. The number of nitrogens with one attached hydrogen (secondary N) is 2. The van der Waals surface area contributed by atoms with Crippen molar-refractivity contribution in [3.63, 3.8) is 0 Å². The van der Waals surface area contributed by atoms with Gasteiger partial charge in [0.15, 0.2) is 10.2 Å². The van der Waals surface area contributed by atoms with Crippen molar-refractivity contribution in [2.75, 3.05) is 37.8 Å². The third kappa shape index (κ3) is 5.79. The number of para-hydroxylation sites is 2. The van der Waals surface area contributed by atoms with Gasteiger partial charge in [-0.3, -0.25) is 0 Å². The molecule has 2 rings (SSSR count). The smallest absolute Gasteiger partial charge is 0.173 e. The molecule has 0 unspecified atom stereocenters. The van der Waals surface area contributed by atoms with Crippen molar-refractivity contribution in [1.82, 2.24) is 9.80 Å². The molecule has 0 saturated heterocycles. The minimum atomic E-state index is 0.691. The van der Waals surface area contributed by atoms with Crippen LogP contribution in [0.4, 0.5) is 11.4 Å². The molecule has 0 spiro atoms. The maximum absolute atomic E-state index is 5.43. The van der Waals surface area contributed by atoms with Crippen molar-refractivity contribution < 1.29 is 0 Å². The predicted molar refractivity (Wildman–Crippen MR) is 111 cm³/mol. The fourth-order valence-electron chi connectivity index (χ4n) is 1.98. The number of nitrogens with zero attached hydrogens (tertiary/aromatic N) is 2. The molecule has 0 aliphatic heterocycles. The van der Waals surface area contributed by atoms with Crippen LogP contribution < -0.4 is 10.6 Å². The summed E-state index contributed by atoms with van der Waals surface area (Å²) in [6.07, 6.45) is 0. The molecule has 0 atom stereocenters. The van der Waals surface area contributed by atoms with Gasteiger partial charge in [0.05, 0.1) is 0 Å². The Labute approximate surface area is 154 Å². The highest BCUT2D eigenvalue weighted by Gasteiger charge is 2.08. The molecule has 0 aliphatic rings. The number of anilines is 2. The van der Waals surface area contributed by atoms with Crippen molar-refractivity contribution in [3.8, 4) is 0 Å². The summed E-state index contributed by atoms with van der Waals surface area (Å²) in [7, 11) is 3.94. The minimum Gasteiger partial charge on any atom is -0.350 e. The van der Waals surface area contributed by atoms with Crippen molar-refractivity contribution in [1.29, 1.82) is 0 Å². The van der Waals surface area contributed by atoms with Crippen LogP contribution in [0.25, 0.3) is 0 Å². The van der Waals surface area contributed by atoms with Gasteiger partial charge >= 0.3 is 0 Å². The second kappa shape index (κ2) is 9.20. The zero-order valence-corrected chi connectivity index (χ0v) is 15.5. The van der Waals surface area contributed by atoms with Gasteiger partial charge in [0.2, 0.25) is 0 Å². The molecule has 0 heterocycles. The maximum Gasteiger partial charge on any atom is 0.173 e. The summed E-state index contributed by atoms with van der Waals surface area (Å²) >= 11 is 10.9. The standard InChI is InChI=1S/C18H22N4S2/c1-21(17(23)19-15-9-5-3-6-10-15)13-14-22(2)18(24)20-16-11-7-4-8-12-16/h3-12H,13-14H2,1-2H3,(H,19,23)(H,20,24). The third-order valence-corrected chi connectivity index (χ3v) is 4.34. The summed E-state index contributed by atoms with van der Waals surface area (Å²) in [5, 5.41) is 7.83. The van der Waals surface area contributed by atoms with Crippen LogP contribution in [0.2, 0.25) is 0 Å². The first-order chi connectivity index (χ1) is 11.6. The highest BCUT2D eigenvalue weighted by atomic mass is 32.1. The molecular weight excluding hydrogens is 336 g/mol. The average Bonchev–Trinajstić information content (AvgIpc) is 2.61. The number of likely N-dealkylation sites (N-methyl/N-ethyl adjacent to an activating group) is 2. The Morgan fingerprint density at radius 3 is 1.38 bits per heavy atom. The lowest BCUT2D eigenvalue weighted by atomic mass is 10.3. The Morgan fingerprint density at radius 2 is 1.04 bits per heavy atom. The molecule has 126 valence electrons. The second-order valence-electron chi connectivity index (χ2n) is 5.44. The van der Waals surface area contributed by atoms with Gasteiger partial charge < -0.3 is 20.4 Å². The zero-order chi connectivity index (χ0) is 17.4. The summed E-state index contributed by atoms with van der Waals surface area (Å²) in [4.78, 5) is 4.01. The van der Waals surface area contributed by atoms with Gasteiger partial charge in [-0.1, -0.05) is 36.4 Å². The minimum absolute atomic E-state index is 0.691. The number of benzene rings is 2. The molecule has 0 aromatic heterocycles. The molecular formula is C18H22N4S2. The molecule has 6 heteroatoms. The number of hydrogen-bond acceptors (Lipinski definition) is 2. The zero-order valence-electron chi connectivity index (χ0n) is 13.9. The van der Waals surface area contributed by atoms with Crippen LogP contribution in [0.3, 0.4) is 0 Å². The molecule has 0 fully saturated rings. The van der Waals surface area contributed by atoms with Crippen LogP contribution in [0, 0.1) is 0 Å². The quantitative estimate of drug-likeness (QED) is 0.794. The first-order valence-corrected chi connectivity index (χ1v) is 8.52. The molecule has 2 N–H and O–H groups in total. The number of thiocarbonyl (C=S) groups is 2. The molecule has 4 nitrogen and oxygen atoms in total. The van der Waals surface area contributed by atoms with Gasteiger partial charge in [0.1, 0.15) is 0 Å². The molecule has 0 radical (unpaired) electrons. The third-order valence-electron chi connectivity index (χ3n) is 3.51. The van der Waals surface area contributed by atoms with Crippen LogP contribution >= 0.6 is 24.4 Å². The van der Waals surface area contributed by atoms with E-state index < -0.39 is 0 Å². The Kier molecular flexibility index (Phi) is 6.96. The van der Waals surface area contributed by atoms with Gasteiger partial charge in [0, 0.05) is 38.6 Å². The maximum atomic E-state index is 5.43. The molecule has 2 aromatic carbocycles. The fraction of sp³-hybridized carbons (Fsp3) is 0.222. The molecule has 0 aliphatic carbocycles. The van der Waals surface area contributed by atoms with Gasteiger partial charge in [-0.15, -0.1) is 0 Å². The fourth-order valence-corrected chi connectivity index (χ4v) is 2.40. The lowest BCUT2D eigenvalue weighted by molar-refractivity contribution is 0.418. The molecule has 24 heavy (non-hydrogen) atoms. The Balaban J connectivity index is 1.77. The van der Waals surface area contributed by atoms with Gasteiger partial charge in [-0.05, 0) is 48.7 Å². The van der Waals surface area contributed by atoms with Crippen molar-refractivity contribution in [2.24, 2.45) is 0 Å². The Morgan fingerprint density at radius 1 is 0.708 bits per heavy atom. The summed E-state index contributed by atoms with van der Waals surface area (Å²) in [6, 6.07) is 19.8. The first-order valence-electron chi connectivity index (χ1n) is 7.70. The SMILES string of the molecule is CN(CCN(C)C(=S)Nc1ccccc1)C(=S)Nc1ccccc1. The van der Waals surface area contributed by atoms with E-state index in [0.29, 0.717) is 10.2 Å². The van der Waals surface area contributed by atoms with E-state index in [-0.39, 0.29) is 0 Å². The summed E-state index contributed by atoms with van der Waals surface area (Å²) in [6.45, 7) is 1.54. The lowest BCUT2D eigenvalue weighted by Gasteiger charge is -2.26. The van der Waals surface area contributed by atoms with E-state index in [0.717, 1.165) is 24.5 Å². The molecule has 0 saturated carbocycles. The number of hydrogen-bond donors (Lipinski definition) is 2. The summed E-state index contributed by atoms with van der Waals surface area (Å²) in [5.41, 5.74) is 1.98. The normalized spacial score (nSPS) is 9.92. The predicted octanol–water partition coefficient (Wildman–Crippen LogP) is 3.64. The molecule has 0 amide bonds. The van der Waals surface area contributed by atoms with E-state index in [1.54, 1.807) is 0 Å². The van der Waals surface area contributed by atoms with E-state index in [4.69, 9.17) is 24.4 Å². The highest BCUT2D eigenvalue weighted by Crippen LogP contribution is 2.07. The molecule has 0 bridgehead atoms. The van der Waals surface area contributed by atoms with Crippen molar-refractivity contribution in [3.05, 3.63) is 60.7 Å². The average molecular weight is 359 g/mol. The number of rotatable bonds is 5. The van der Waals surface area contributed by atoms with Gasteiger partial charge in [0.25, 0.3) is 0 Å². The summed E-state index contributed by atoms with van der Waals surface area (Å²) < 4.78 is 0.